The van der Waals surface area contributed by atoms with Crippen molar-refractivity contribution in [2.75, 3.05) is 47.5 Å². The average Bonchev–Trinajstić information content (AvgIpc) is 3.30. The molecule has 0 amide bonds. The van der Waals surface area contributed by atoms with Gasteiger partial charge in [-0.05, 0) is 83.5 Å². The van der Waals surface area contributed by atoms with Crippen LogP contribution in [0.3, 0.4) is 0 Å². The average molecular weight is 949 g/mol. The van der Waals surface area contributed by atoms with E-state index in [1.807, 2.05) is 21.1 Å². The molecular weight excluding hydrogens is 851 g/mol. The van der Waals surface area contributed by atoms with E-state index in [1.54, 1.807) is 0 Å². The van der Waals surface area contributed by atoms with Gasteiger partial charge in [0.15, 0.2) is 6.10 Å². The van der Waals surface area contributed by atoms with Crippen LogP contribution in [0, 0.1) is 0 Å². The summed E-state index contributed by atoms with van der Waals surface area (Å²) in [6, 6.07) is 0. The first-order valence-electron chi connectivity index (χ1n) is 26.6. The molecule has 0 aliphatic rings. The van der Waals surface area contributed by atoms with Crippen LogP contribution in [0.4, 0.5) is 0 Å². The van der Waals surface area contributed by atoms with E-state index in [1.165, 1.54) is 44.9 Å². The molecule has 9 nitrogen and oxygen atoms in total. The Morgan fingerprint density at radius 2 is 0.838 bits per heavy atom. The molecule has 0 aromatic carbocycles. The Kier molecular flexibility index (Phi) is 46.4. The molecule has 0 saturated carbocycles. The van der Waals surface area contributed by atoms with Gasteiger partial charge in [-0.1, -0.05) is 200 Å². The number of rotatable bonds is 47. The van der Waals surface area contributed by atoms with E-state index in [0.717, 1.165) is 109 Å². The van der Waals surface area contributed by atoms with Crippen molar-refractivity contribution in [2.24, 2.45) is 0 Å². The second-order valence-corrected chi connectivity index (χ2v) is 18.5. The third kappa shape index (κ3) is 49.8. The van der Waals surface area contributed by atoms with Gasteiger partial charge in [-0.25, -0.2) is 4.79 Å². The first-order chi connectivity index (χ1) is 33.1. The number of esters is 2. The molecule has 0 saturated heterocycles. The normalized spacial score (nSPS) is 13.7. The van der Waals surface area contributed by atoms with Crippen molar-refractivity contribution in [3.8, 4) is 0 Å². The highest BCUT2D eigenvalue weighted by molar-refractivity contribution is 5.71. The lowest BCUT2D eigenvalue weighted by Gasteiger charge is -2.25. The zero-order valence-corrected chi connectivity index (χ0v) is 43.7. The zero-order chi connectivity index (χ0) is 49.9. The Morgan fingerprint density at radius 3 is 1.25 bits per heavy atom. The molecule has 0 radical (unpaired) electrons. The lowest BCUT2D eigenvalue weighted by atomic mass is 10.1. The van der Waals surface area contributed by atoms with Gasteiger partial charge in [0.25, 0.3) is 6.29 Å². The Labute approximate surface area is 415 Å². The van der Waals surface area contributed by atoms with E-state index in [9.17, 15) is 19.5 Å². The Morgan fingerprint density at radius 1 is 0.456 bits per heavy atom. The van der Waals surface area contributed by atoms with Crippen LogP contribution in [0.1, 0.15) is 187 Å². The predicted molar refractivity (Wildman–Crippen MR) is 285 cm³/mol. The summed E-state index contributed by atoms with van der Waals surface area (Å²) in [5.41, 5.74) is 0. The van der Waals surface area contributed by atoms with Gasteiger partial charge in [0.1, 0.15) is 13.2 Å². The number of carbonyl (C=O) groups excluding carboxylic acids is 2. The van der Waals surface area contributed by atoms with Gasteiger partial charge in [0, 0.05) is 12.8 Å². The number of hydrogen-bond acceptors (Lipinski definition) is 7. The third-order valence-electron chi connectivity index (χ3n) is 10.8. The first-order valence-corrected chi connectivity index (χ1v) is 26.6. The van der Waals surface area contributed by atoms with Crippen molar-refractivity contribution in [1.82, 2.24) is 0 Å². The summed E-state index contributed by atoms with van der Waals surface area (Å²) in [5.74, 6) is -2.04. The van der Waals surface area contributed by atoms with Crippen LogP contribution in [0.5, 0.6) is 0 Å². The number of ether oxygens (including phenoxy) is 4. The molecule has 68 heavy (non-hydrogen) atoms. The van der Waals surface area contributed by atoms with E-state index < -0.39 is 24.3 Å². The van der Waals surface area contributed by atoms with Crippen LogP contribution < -0.4 is 0 Å². The van der Waals surface area contributed by atoms with E-state index in [-0.39, 0.29) is 32.2 Å². The monoisotopic (exact) mass is 949 g/mol. The number of allylic oxidation sites excluding steroid dienone is 18. The number of aliphatic carboxylic acids is 1. The largest absolute Gasteiger partial charge is 0.477 e. The molecule has 0 aliphatic heterocycles. The van der Waals surface area contributed by atoms with Crippen molar-refractivity contribution >= 4 is 17.9 Å². The van der Waals surface area contributed by atoms with Crippen molar-refractivity contribution in [2.45, 2.75) is 200 Å². The van der Waals surface area contributed by atoms with Crippen LogP contribution in [0.25, 0.3) is 0 Å². The van der Waals surface area contributed by atoms with Crippen molar-refractivity contribution in [3.05, 3.63) is 109 Å². The van der Waals surface area contributed by atoms with E-state index >= 15 is 0 Å². The van der Waals surface area contributed by atoms with Crippen LogP contribution in [0.15, 0.2) is 109 Å². The van der Waals surface area contributed by atoms with Gasteiger partial charge in [0.05, 0.1) is 34.4 Å². The number of carboxylic acid groups (broad SMARTS) is 1. The number of carbonyl (C=O) groups is 3. The Bertz CT molecular complexity index is 1480. The Balaban J connectivity index is 4.07. The van der Waals surface area contributed by atoms with Crippen molar-refractivity contribution < 1.29 is 42.9 Å². The van der Waals surface area contributed by atoms with Crippen molar-refractivity contribution in [1.29, 1.82) is 0 Å². The standard InChI is InChI=1S/C59H97NO8/c1-6-8-10-12-14-15-16-17-18-19-20-21-22-23-24-25-26-27-28-29-30-31-32-33-34-35-36-37-38-39-40-41-42-43-44-46-48-50-57(62)68-55(53-66-56(61)49-47-45-13-11-9-7-2)54-67-59(58(63)64)65-52-51-60(3,4)5/h8,10,14-15,17-18,20-21,23-24,26-27,29-30,32-33,35-36,55,59H,6-7,9,11-13,16,19,22,25,28,31,34,37-54H2,1-5H3/p+1/b10-8-,15-14-,18-17-,21-20-,24-23-,27-26-,30-29-,33-32-,36-35-. The SMILES string of the molecule is CC/C=C\C/C=C\C/C=C\C/C=C\C/C=C\C/C=C\C/C=C\C/C=C\C/C=C\CCCCCCCCCCCC(=O)OC(COC(=O)CCCCCCCC)COC(OCC[N+](C)(C)C)C(=O)O. The number of hydrogen-bond donors (Lipinski definition) is 1. The summed E-state index contributed by atoms with van der Waals surface area (Å²) in [6.45, 7) is 4.66. The predicted octanol–water partition coefficient (Wildman–Crippen LogP) is 15.2. The number of nitrogens with zero attached hydrogens (tertiary/aromatic N) is 1. The van der Waals surface area contributed by atoms with Crippen LogP contribution in [-0.2, 0) is 33.3 Å². The van der Waals surface area contributed by atoms with Gasteiger partial charge >= 0.3 is 17.9 Å². The van der Waals surface area contributed by atoms with Gasteiger partial charge < -0.3 is 28.5 Å². The molecule has 386 valence electrons. The quantitative estimate of drug-likeness (QED) is 0.0211. The maximum absolute atomic E-state index is 12.8. The molecule has 0 aromatic heterocycles. The highest BCUT2D eigenvalue weighted by Crippen LogP contribution is 2.14. The summed E-state index contributed by atoms with van der Waals surface area (Å²) in [6.07, 6.45) is 64.9. The fourth-order valence-corrected chi connectivity index (χ4v) is 6.71. The number of carboxylic acids is 1. The summed E-state index contributed by atoms with van der Waals surface area (Å²) in [7, 11) is 5.94. The summed E-state index contributed by atoms with van der Waals surface area (Å²) >= 11 is 0. The maximum Gasteiger partial charge on any atom is 0.361 e. The molecule has 9 heteroatoms. The van der Waals surface area contributed by atoms with Gasteiger partial charge in [-0.3, -0.25) is 9.59 Å². The van der Waals surface area contributed by atoms with E-state index in [2.05, 4.69) is 123 Å². The minimum absolute atomic E-state index is 0.182. The number of quaternary nitrogens is 1. The van der Waals surface area contributed by atoms with Gasteiger partial charge in [-0.2, -0.15) is 0 Å². The number of likely N-dealkylation sites (N-methyl/N-ethyl adjacent to an activating group) is 1. The molecule has 0 aliphatic carbocycles. The smallest absolute Gasteiger partial charge is 0.361 e. The molecule has 0 aromatic rings. The second kappa shape index (κ2) is 49.4. The minimum atomic E-state index is -1.51. The summed E-state index contributed by atoms with van der Waals surface area (Å²) in [5, 5.41) is 9.62. The molecule has 0 spiro atoms. The number of unbranched alkanes of at least 4 members (excludes halogenated alkanes) is 14. The summed E-state index contributed by atoms with van der Waals surface area (Å²) in [4.78, 5) is 36.9. The molecule has 2 atom stereocenters. The van der Waals surface area contributed by atoms with Gasteiger partial charge in [0.2, 0.25) is 0 Å². The third-order valence-corrected chi connectivity index (χ3v) is 10.8. The van der Waals surface area contributed by atoms with Crippen molar-refractivity contribution in [3.63, 3.8) is 0 Å². The first kappa shape index (κ1) is 64.0. The van der Waals surface area contributed by atoms with Crippen LogP contribution in [0.2, 0.25) is 0 Å². The Hall–Kier alpha value is -4.05. The molecule has 1 N–H and O–H groups in total. The van der Waals surface area contributed by atoms with Gasteiger partial charge in [-0.15, -0.1) is 0 Å². The minimum Gasteiger partial charge on any atom is -0.477 e. The second-order valence-electron chi connectivity index (χ2n) is 18.5. The molecule has 0 rings (SSSR count). The highest BCUT2D eigenvalue weighted by Gasteiger charge is 2.25. The van der Waals surface area contributed by atoms with E-state index in [0.29, 0.717) is 23.9 Å². The lowest BCUT2D eigenvalue weighted by Crippen LogP contribution is -2.40. The lowest BCUT2D eigenvalue weighted by molar-refractivity contribution is -0.870. The molecule has 0 heterocycles. The fraction of sp³-hybridized carbons (Fsp3) is 0.644. The zero-order valence-electron chi connectivity index (χ0n) is 43.7. The molecule has 2 unspecified atom stereocenters. The van der Waals surface area contributed by atoms with Crippen LogP contribution >= 0.6 is 0 Å². The summed E-state index contributed by atoms with van der Waals surface area (Å²) < 4.78 is 22.6. The maximum atomic E-state index is 12.8. The highest BCUT2D eigenvalue weighted by atomic mass is 16.7. The molecule has 0 fully saturated rings. The molecule has 0 bridgehead atoms. The fourth-order valence-electron chi connectivity index (χ4n) is 6.71. The molecular formula is C59H98NO8+. The topological polar surface area (TPSA) is 108 Å². The van der Waals surface area contributed by atoms with Crippen LogP contribution in [-0.4, -0.2) is 87.4 Å². The van der Waals surface area contributed by atoms with E-state index in [4.69, 9.17) is 18.9 Å².